The average Bonchev–Trinajstić information content (AvgIpc) is 2.37. The minimum atomic E-state index is -1.17. The van der Waals surface area contributed by atoms with Gasteiger partial charge < -0.3 is 15.4 Å². The van der Waals surface area contributed by atoms with E-state index in [0.717, 1.165) is 0 Å². The van der Waals surface area contributed by atoms with Crippen molar-refractivity contribution in [2.75, 3.05) is 24.6 Å². The Morgan fingerprint density at radius 1 is 1.42 bits per heavy atom. The monoisotopic (exact) mass is 268 g/mol. The molecule has 1 aromatic rings. The summed E-state index contributed by atoms with van der Waals surface area (Å²) in [5.41, 5.74) is 5.24. The molecule has 0 spiro atoms. The molecule has 19 heavy (non-hydrogen) atoms. The highest BCUT2D eigenvalue weighted by Crippen LogP contribution is 2.20. The topological polar surface area (TPSA) is 55.6 Å². The van der Waals surface area contributed by atoms with Crippen molar-refractivity contribution in [3.05, 3.63) is 30.1 Å². The first-order chi connectivity index (χ1) is 8.92. The number of anilines is 1. The summed E-state index contributed by atoms with van der Waals surface area (Å²) in [5, 5.41) is 0. The van der Waals surface area contributed by atoms with Gasteiger partial charge in [-0.05, 0) is 32.9 Å². The van der Waals surface area contributed by atoms with Gasteiger partial charge in [0.2, 0.25) is 0 Å². The molecule has 0 heterocycles. The molecule has 0 bridgehead atoms. The molecule has 1 atom stereocenters. The molecule has 0 amide bonds. The highest BCUT2D eigenvalue weighted by molar-refractivity contribution is 5.81. The lowest BCUT2D eigenvalue weighted by Crippen LogP contribution is -2.55. The highest BCUT2D eigenvalue weighted by atomic mass is 19.1. The fourth-order valence-corrected chi connectivity index (χ4v) is 1.83. The van der Waals surface area contributed by atoms with Gasteiger partial charge in [-0.25, -0.2) is 9.18 Å². The van der Waals surface area contributed by atoms with E-state index >= 15 is 0 Å². The molecule has 1 aromatic carbocycles. The molecule has 0 saturated heterocycles. The van der Waals surface area contributed by atoms with Crippen LogP contribution in [-0.2, 0) is 9.53 Å². The molecule has 0 radical (unpaired) electrons. The Bertz CT molecular complexity index is 435. The van der Waals surface area contributed by atoms with E-state index in [1.165, 1.54) is 6.07 Å². The zero-order valence-corrected chi connectivity index (χ0v) is 11.6. The van der Waals surface area contributed by atoms with Crippen LogP contribution in [0.5, 0.6) is 0 Å². The smallest absolute Gasteiger partial charge is 0.327 e. The van der Waals surface area contributed by atoms with Crippen molar-refractivity contribution in [2.24, 2.45) is 5.73 Å². The minimum Gasteiger partial charge on any atom is -0.465 e. The number of ether oxygens (including phenoxy) is 1. The molecule has 4 nitrogen and oxygen atoms in total. The molecule has 0 aliphatic heterocycles. The second kappa shape index (κ2) is 6.52. The van der Waals surface area contributed by atoms with E-state index in [1.54, 1.807) is 36.9 Å². The average molecular weight is 268 g/mol. The van der Waals surface area contributed by atoms with Gasteiger partial charge >= 0.3 is 5.97 Å². The Kier molecular flexibility index (Phi) is 5.30. The second-order valence-corrected chi connectivity index (χ2v) is 4.60. The lowest BCUT2D eigenvalue weighted by Gasteiger charge is -2.31. The van der Waals surface area contributed by atoms with Crippen molar-refractivity contribution < 1.29 is 13.9 Å². The van der Waals surface area contributed by atoms with E-state index in [0.29, 0.717) is 12.2 Å². The van der Waals surface area contributed by atoms with Gasteiger partial charge in [0.1, 0.15) is 11.4 Å². The predicted molar refractivity (Wildman–Crippen MR) is 73.5 cm³/mol. The third kappa shape index (κ3) is 3.92. The highest BCUT2D eigenvalue weighted by Gasteiger charge is 2.32. The molecule has 5 heteroatoms. The predicted octanol–water partition coefficient (Wildman–Crippen LogP) is 1.93. The number of carbonyl (C=O) groups excluding carboxylic acids is 1. The summed E-state index contributed by atoms with van der Waals surface area (Å²) in [6.07, 6.45) is 0. The number of esters is 1. The first-order valence-electron chi connectivity index (χ1n) is 6.38. The number of nitrogens with zero attached hydrogens (tertiary/aromatic N) is 1. The van der Waals surface area contributed by atoms with Crippen molar-refractivity contribution in [3.8, 4) is 0 Å². The summed E-state index contributed by atoms with van der Waals surface area (Å²) in [7, 11) is 0. The van der Waals surface area contributed by atoms with E-state index in [9.17, 15) is 9.18 Å². The maximum atomic E-state index is 13.8. The Morgan fingerprint density at radius 2 is 2.05 bits per heavy atom. The van der Waals surface area contributed by atoms with E-state index in [4.69, 9.17) is 10.5 Å². The normalized spacial score (nSPS) is 13.7. The van der Waals surface area contributed by atoms with Crippen LogP contribution in [0.2, 0.25) is 0 Å². The van der Waals surface area contributed by atoms with E-state index in [2.05, 4.69) is 0 Å². The Labute approximate surface area is 113 Å². The third-order valence-corrected chi connectivity index (χ3v) is 2.84. The number of benzene rings is 1. The number of para-hydroxylation sites is 1. The Hall–Kier alpha value is -1.62. The number of hydrogen-bond acceptors (Lipinski definition) is 4. The maximum absolute atomic E-state index is 13.8. The molecule has 1 unspecified atom stereocenters. The van der Waals surface area contributed by atoms with Gasteiger partial charge in [0.15, 0.2) is 0 Å². The van der Waals surface area contributed by atoms with Crippen LogP contribution in [-0.4, -0.2) is 31.2 Å². The second-order valence-electron chi connectivity index (χ2n) is 4.60. The van der Waals surface area contributed by atoms with Crippen LogP contribution in [0.25, 0.3) is 0 Å². The van der Waals surface area contributed by atoms with Crippen LogP contribution >= 0.6 is 0 Å². The number of rotatable bonds is 6. The standard InChI is InChI=1S/C14H21FN2O2/c1-4-17(12-9-7-6-8-11(12)15)10-14(3,16)13(18)19-5-2/h6-9H,4-5,10,16H2,1-3H3. The molecule has 0 aromatic heterocycles. The van der Waals surface area contributed by atoms with Gasteiger partial charge in [-0.15, -0.1) is 0 Å². The number of nitrogens with two attached hydrogens (primary N) is 1. The van der Waals surface area contributed by atoms with E-state index < -0.39 is 11.5 Å². The fourth-order valence-electron chi connectivity index (χ4n) is 1.83. The SMILES string of the molecule is CCOC(=O)C(C)(N)CN(CC)c1ccccc1F. The Morgan fingerprint density at radius 3 is 2.58 bits per heavy atom. The van der Waals surface area contributed by atoms with Crippen LogP contribution in [0.1, 0.15) is 20.8 Å². The number of halogens is 1. The van der Waals surface area contributed by atoms with Crippen LogP contribution in [0.4, 0.5) is 10.1 Å². The maximum Gasteiger partial charge on any atom is 0.327 e. The van der Waals surface area contributed by atoms with Gasteiger partial charge in [-0.1, -0.05) is 12.1 Å². The number of hydrogen-bond donors (Lipinski definition) is 1. The molecule has 106 valence electrons. The molecule has 0 saturated carbocycles. The largest absolute Gasteiger partial charge is 0.465 e. The van der Waals surface area contributed by atoms with E-state index in [-0.39, 0.29) is 19.0 Å². The van der Waals surface area contributed by atoms with Crippen molar-refractivity contribution in [1.82, 2.24) is 0 Å². The Balaban J connectivity index is 2.88. The molecule has 0 aliphatic carbocycles. The first-order valence-corrected chi connectivity index (χ1v) is 6.38. The zero-order chi connectivity index (χ0) is 14.5. The van der Waals surface area contributed by atoms with Gasteiger partial charge in [0.25, 0.3) is 0 Å². The minimum absolute atomic E-state index is 0.198. The summed E-state index contributed by atoms with van der Waals surface area (Å²) < 4.78 is 18.7. The van der Waals surface area contributed by atoms with Gasteiger partial charge in [-0.3, -0.25) is 0 Å². The fraction of sp³-hybridized carbons (Fsp3) is 0.500. The summed E-state index contributed by atoms with van der Waals surface area (Å²) in [6.45, 7) is 6.22. The van der Waals surface area contributed by atoms with Gasteiger partial charge in [0.05, 0.1) is 12.3 Å². The first kappa shape index (κ1) is 15.4. The quantitative estimate of drug-likeness (QED) is 0.801. The van der Waals surface area contributed by atoms with Crippen molar-refractivity contribution in [1.29, 1.82) is 0 Å². The summed E-state index contributed by atoms with van der Waals surface area (Å²) in [6, 6.07) is 6.43. The number of likely N-dealkylation sites (N-methyl/N-ethyl adjacent to an activating group) is 1. The van der Waals surface area contributed by atoms with Crippen LogP contribution in [0, 0.1) is 5.82 Å². The molecule has 0 fully saturated rings. The summed E-state index contributed by atoms with van der Waals surface area (Å²) >= 11 is 0. The molecular formula is C14H21FN2O2. The van der Waals surface area contributed by atoms with Crippen molar-refractivity contribution in [2.45, 2.75) is 26.3 Å². The third-order valence-electron chi connectivity index (χ3n) is 2.84. The van der Waals surface area contributed by atoms with Crippen molar-refractivity contribution in [3.63, 3.8) is 0 Å². The summed E-state index contributed by atoms with van der Waals surface area (Å²) in [5.74, 6) is -0.811. The molecule has 2 N–H and O–H groups in total. The summed E-state index contributed by atoms with van der Waals surface area (Å²) in [4.78, 5) is 13.5. The molecule has 0 aliphatic rings. The zero-order valence-electron chi connectivity index (χ0n) is 11.6. The van der Waals surface area contributed by atoms with Crippen LogP contribution in [0.15, 0.2) is 24.3 Å². The molecular weight excluding hydrogens is 247 g/mol. The number of carbonyl (C=O) groups is 1. The van der Waals surface area contributed by atoms with Crippen molar-refractivity contribution >= 4 is 11.7 Å². The lowest BCUT2D eigenvalue weighted by atomic mass is 10.0. The van der Waals surface area contributed by atoms with Gasteiger partial charge in [-0.2, -0.15) is 0 Å². The lowest BCUT2D eigenvalue weighted by molar-refractivity contribution is -0.148. The van der Waals surface area contributed by atoms with Gasteiger partial charge in [0, 0.05) is 13.1 Å². The van der Waals surface area contributed by atoms with Crippen LogP contribution < -0.4 is 10.6 Å². The van der Waals surface area contributed by atoms with Crippen LogP contribution in [0.3, 0.4) is 0 Å². The van der Waals surface area contributed by atoms with E-state index in [1.807, 2.05) is 6.92 Å². The molecule has 1 rings (SSSR count).